The van der Waals surface area contributed by atoms with Gasteiger partial charge < -0.3 is 15.5 Å². The first-order valence-corrected chi connectivity index (χ1v) is 11.9. The van der Waals surface area contributed by atoms with E-state index >= 15 is 0 Å². The van der Waals surface area contributed by atoms with Gasteiger partial charge in [-0.2, -0.15) is 0 Å². The summed E-state index contributed by atoms with van der Waals surface area (Å²) in [7, 11) is 0. The molecule has 1 aromatic rings. The summed E-state index contributed by atoms with van der Waals surface area (Å²) in [6, 6.07) is 3.25. The van der Waals surface area contributed by atoms with Crippen LogP contribution in [0.4, 0.5) is 0 Å². The zero-order valence-electron chi connectivity index (χ0n) is 19.2. The van der Waals surface area contributed by atoms with Gasteiger partial charge in [0.1, 0.15) is 0 Å². The molecule has 0 aliphatic carbocycles. The van der Waals surface area contributed by atoms with Gasteiger partial charge in [-0.3, -0.25) is 14.7 Å². The Hall–Kier alpha value is -0.870. The number of guanidine groups is 1. The Morgan fingerprint density at radius 1 is 1.27 bits per heavy atom. The second-order valence-corrected chi connectivity index (χ2v) is 9.15. The van der Waals surface area contributed by atoms with Crippen molar-refractivity contribution in [3.8, 4) is 0 Å². The van der Waals surface area contributed by atoms with Crippen molar-refractivity contribution in [3.63, 3.8) is 0 Å². The number of halogens is 1. The molecule has 8 heteroatoms. The Labute approximate surface area is 203 Å². The summed E-state index contributed by atoms with van der Waals surface area (Å²) in [5, 5.41) is 8.73. The Bertz CT molecular complexity index is 654. The number of carbonyl (C=O) groups excluding carboxylic acids is 1. The van der Waals surface area contributed by atoms with Crippen molar-refractivity contribution in [2.45, 2.75) is 72.5 Å². The predicted molar refractivity (Wildman–Crippen MR) is 139 cm³/mol. The highest BCUT2D eigenvalue weighted by molar-refractivity contribution is 14.0. The molecule has 2 N–H and O–H groups in total. The first-order valence-electron chi connectivity index (χ1n) is 11.0. The van der Waals surface area contributed by atoms with E-state index in [1.165, 1.54) is 10.4 Å². The monoisotopic (exact) mass is 549 g/mol. The lowest BCUT2D eigenvalue weighted by Gasteiger charge is -2.30. The van der Waals surface area contributed by atoms with Gasteiger partial charge in [0.15, 0.2) is 5.96 Å². The number of hydrogen-bond donors (Lipinski definition) is 2. The smallest absolute Gasteiger partial charge is 0.224 e. The number of rotatable bonds is 10. The van der Waals surface area contributed by atoms with Gasteiger partial charge in [0.2, 0.25) is 5.91 Å². The highest BCUT2D eigenvalue weighted by Gasteiger charge is 2.21. The number of thiophene rings is 1. The highest BCUT2D eigenvalue weighted by Crippen LogP contribution is 2.24. The first kappa shape index (κ1) is 27.2. The van der Waals surface area contributed by atoms with Crippen LogP contribution in [0.5, 0.6) is 0 Å². The summed E-state index contributed by atoms with van der Waals surface area (Å²) in [4.78, 5) is 23.1. The number of aliphatic imine (C=N–C) groups is 1. The van der Waals surface area contributed by atoms with E-state index in [1.807, 2.05) is 4.90 Å². The van der Waals surface area contributed by atoms with Crippen molar-refractivity contribution in [2.75, 3.05) is 32.7 Å². The molecule has 30 heavy (non-hydrogen) atoms. The van der Waals surface area contributed by atoms with E-state index in [9.17, 15) is 4.79 Å². The van der Waals surface area contributed by atoms with Gasteiger partial charge in [-0.25, -0.2) is 0 Å². The first-order chi connectivity index (χ1) is 13.9. The van der Waals surface area contributed by atoms with E-state index in [0.29, 0.717) is 25.0 Å². The third kappa shape index (κ3) is 8.70. The molecule has 0 aromatic carbocycles. The van der Waals surface area contributed by atoms with Crippen molar-refractivity contribution < 1.29 is 4.79 Å². The average molecular weight is 550 g/mol. The van der Waals surface area contributed by atoms with Crippen LogP contribution < -0.4 is 10.6 Å². The lowest BCUT2D eigenvalue weighted by atomic mass is 10.1. The van der Waals surface area contributed by atoms with Crippen LogP contribution in [-0.4, -0.2) is 66.5 Å². The van der Waals surface area contributed by atoms with Crippen LogP contribution >= 0.6 is 35.3 Å². The number of hydrogen-bond acceptors (Lipinski definition) is 4. The molecule has 1 aliphatic heterocycles. The fourth-order valence-electron chi connectivity index (χ4n) is 3.81. The molecule has 2 heterocycles. The molecule has 0 spiro atoms. The standard InChI is InChI=1S/C22H39N5OS.HI/c1-6-23-22(24-11-7-13-27(17(2)3)18(4)5)25-12-8-21(28)26-14-9-20-19(16-26)10-15-29-20;/h10,15,17-18H,6-9,11-14,16H2,1-5H3,(H2,23,24,25);1H. The molecule has 0 bridgehead atoms. The van der Waals surface area contributed by atoms with Gasteiger partial charge in [-0.05, 0) is 64.5 Å². The Balaban J connectivity index is 0.00000450. The zero-order chi connectivity index (χ0) is 21.2. The quantitative estimate of drug-likeness (QED) is 0.202. The van der Waals surface area contributed by atoms with Crippen LogP contribution in [0.25, 0.3) is 0 Å². The van der Waals surface area contributed by atoms with Gasteiger partial charge >= 0.3 is 0 Å². The fraction of sp³-hybridized carbons (Fsp3) is 0.727. The van der Waals surface area contributed by atoms with E-state index in [4.69, 9.17) is 0 Å². The van der Waals surface area contributed by atoms with E-state index < -0.39 is 0 Å². The minimum Gasteiger partial charge on any atom is -0.357 e. The normalized spacial score (nSPS) is 14.1. The zero-order valence-corrected chi connectivity index (χ0v) is 22.4. The number of carbonyl (C=O) groups is 1. The second kappa shape index (κ2) is 14.2. The summed E-state index contributed by atoms with van der Waals surface area (Å²) >= 11 is 1.80. The maximum Gasteiger partial charge on any atom is 0.224 e. The summed E-state index contributed by atoms with van der Waals surface area (Å²) in [6.07, 6.45) is 2.51. The van der Waals surface area contributed by atoms with Crippen LogP contribution in [-0.2, 0) is 17.8 Å². The summed E-state index contributed by atoms with van der Waals surface area (Å²) < 4.78 is 0. The molecule has 1 amide bonds. The minimum absolute atomic E-state index is 0. The van der Waals surface area contributed by atoms with Crippen molar-refractivity contribution in [3.05, 3.63) is 21.9 Å². The van der Waals surface area contributed by atoms with Crippen LogP contribution in [0.1, 0.15) is 57.9 Å². The molecule has 6 nitrogen and oxygen atoms in total. The number of amides is 1. The van der Waals surface area contributed by atoms with Crippen LogP contribution in [0, 0.1) is 0 Å². The summed E-state index contributed by atoms with van der Waals surface area (Å²) in [5.41, 5.74) is 1.31. The summed E-state index contributed by atoms with van der Waals surface area (Å²) in [6.45, 7) is 15.9. The average Bonchev–Trinajstić information content (AvgIpc) is 3.14. The Kier molecular flexibility index (Phi) is 12.9. The van der Waals surface area contributed by atoms with Crippen molar-refractivity contribution in [2.24, 2.45) is 4.99 Å². The molecule has 1 aliphatic rings. The van der Waals surface area contributed by atoms with Crippen molar-refractivity contribution in [1.29, 1.82) is 0 Å². The van der Waals surface area contributed by atoms with Crippen LogP contribution in [0.15, 0.2) is 16.4 Å². The number of nitrogens with zero attached hydrogens (tertiary/aromatic N) is 3. The van der Waals surface area contributed by atoms with Gasteiger partial charge in [0.05, 0.1) is 0 Å². The SMILES string of the molecule is CCNC(=NCCCN(C(C)C)C(C)C)NCCC(=O)N1CCc2sccc2C1.I. The van der Waals surface area contributed by atoms with Gasteiger partial charge in [0, 0.05) is 62.7 Å². The Morgan fingerprint density at radius 2 is 2.00 bits per heavy atom. The molecule has 1 aromatic heterocycles. The molecule has 0 atom stereocenters. The highest BCUT2D eigenvalue weighted by atomic mass is 127. The van der Waals surface area contributed by atoms with Gasteiger partial charge in [-0.15, -0.1) is 35.3 Å². The number of fused-ring (bicyclic) bond motifs is 1. The molecule has 0 saturated heterocycles. The molecule has 2 rings (SSSR count). The van der Waals surface area contributed by atoms with E-state index in [0.717, 1.165) is 51.5 Å². The topological polar surface area (TPSA) is 60.0 Å². The predicted octanol–water partition coefficient (Wildman–Crippen LogP) is 3.70. The van der Waals surface area contributed by atoms with Crippen LogP contribution in [0.3, 0.4) is 0 Å². The van der Waals surface area contributed by atoms with Crippen molar-refractivity contribution >= 4 is 47.2 Å². The maximum atomic E-state index is 12.6. The molecular formula is C22H40IN5OS. The maximum absolute atomic E-state index is 12.6. The molecule has 0 fully saturated rings. The third-order valence-electron chi connectivity index (χ3n) is 5.31. The third-order valence-corrected chi connectivity index (χ3v) is 6.33. The summed E-state index contributed by atoms with van der Waals surface area (Å²) in [5.74, 6) is 1.02. The molecule has 172 valence electrons. The lowest BCUT2D eigenvalue weighted by Crippen LogP contribution is -2.41. The Morgan fingerprint density at radius 3 is 2.67 bits per heavy atom. The van der Waals surface area contributed by atoms with Crippen LogP contribution in [0.2, 0.25) is 0 Å². The van der Waals surface area contributed by atoms with Gasteiger partial charge in [0.25, 0.3) is 0 Å². The van der Waals surface area contributed by atoms with E-state index in [2.05, 4.69) is 66.6 Å². The molecule has 0 radical (unpaired) electrons. The largest absolute Gasteiger partial charge is 0.357 e. The van der Waals surface area contributed by atoms with Crippen molar-refractivity contribution in [1.82, 2.24) is 20.4 Å². The molecule has 0 unspecified atom stereocenters. The molecular weight excluding hydrogens is 509 g/mol. The molecule has 0 saturated carbocycles. The van der Waals surface area contributed by atoms with Gasteiger partial charge in [-0.1, -0.05) is 0 Å². The van der Waals surface area contributed by atoms with E-state index in [-0.39, 0.29) is 29.9 Å². The fourth-order valence-corrected chi connectivity index (χ4v) is 4.70. The second-order valence-electron chi connectivity index (χ2n) is 8.15. The van der Waals surface area contributed by atoms with E-state index in [1.54, 1.807) is 11.3 Å². The number of nitrogens with one attached hydrogen (secondary N) is 2. The lowest BCUT2D eigenvalue weighted by molar-refractivity contribution is -0.131. The minimum atomic E-state index is 0.